The molecule has 0 saturated carbocycles. The van der Waals surface area contributed by atoms with Crippen LogP contribution < -0.4 is 0 Å². The molecule has 0 atom stereocenters. The predicted octanol–water partition coefficient (Wildman–Crippen LogP) is 12.1. The fourth-order valence-electron chi connectivity index (χ4n) is 9.60. The maximum absolute atomic E-state index is 14.3. The second kappa shape index (κ2) is 19.4. The van der Waals surface area contributed by atoms with E-state index in [-0.39, 0.29) is 0 Å². The Labute approximate surface area is 373 Å². The summed E-state index contributed by atoms with van der Waals surface area (Å²) in [6.07, 6.45) is 12.0. The minimum absolute atomic E-state index is 0.363. The Bertz CT molecular complexity index is 2250. The van der Waals surface area contributed by atoms with Crippen LogP contribution >= 0.6 is 46.4 Å². The second-order valence-corrected chi connectivity index (χ2v) is 18.7. The average molecular weight is 895 g/mol. The molecule has 5 aromatic rings. The number of aryl methyl sites for hydroxylation is 2. The number of unbranched alkanes of at least 4 members (excludes halogenated alkanes) is 4. The van der Waals surface area contributed by atoms with E-state index in [1.807, 2.05) is 24.3 Å². The van der Waals surface area contributed by atoms with Crippen molar-refractivity contribution in [3.63, 3.8) is 0 Å². The van der Waals surface area contributed by atoms with Crippen molar-refractivity contribution in [3.8, 4) is 0 Å². The highest BCUT2D eigenvalue weighted by atomic mass is 35.5. The Hall–Kier alpha value is -3.24. The Balaban J connectivity index is 1.49. The first kappa shape index (κ1) is 44.8. The number of halogens is 4. The zero-order valence-corrected chi connectivity index (χ0v) is 38.3. The third kappa shape index (κ3) is 8.22. The summed E-state index contributed by atoms with van der Waals surface area (Å²) in [7, 11) is 0. The van der Waals surface area contributed by atoms with Crippen LogP contribution in [0.15, 0.2) is 36.4 Å². The molecule has 2 aliphatic rings. The summed E-state index contributed by atoms with van der Waals surface area (Å²) >= 11 is 25.3. The topological polar surface area (TPSA) is 81.2 Å². The van der Waals surface area contributed by atoms with Crippen LogP contribution in [0.1, 0.15) is 144 Å². The van der Waals surface area contributed by atoms with Crippen molar-refractivity contribution in [3.05, 3.63) is 69.8 Å². The number of carbonyl (C=O) groups excluding carboxylic acids is 4. The second-order valence-electron chi connectivity index (χ2n) is 16.6. The Morgan fingerprint density at radius 1 is 0.433 bits per heavy atom. The van der Waals surface area contributed by atoms with Crippen LogP contribution in [0.4, 0.5) is 0 Å². The molecule has 0 N–H and O–H groups in total. The molecule has 60 heavy (non-hydrogen) atoms. The number of fused-ring (bicyclic) bond motifs is 2. The molecule has 0 radical (unpaired) electrons. The zero-order chi connectivity index (χ0) is 42.8. The summed E-state index contributed by atoms with van der Waals surface area (Å²) in [4.78, 5) is 61.0. The van der Waals surface area contributed by atoms with Crippen molar-refractivity contribution in [2.75, 3.05) is 39.3 Å². The van der Waals surface area contributed by atoms with Gasteiger partial charge in [-0.25, -0.2) is 9.80 Å². The number of hydrogen-bond acceptors (Lipinski definition) is 6. The highest BCUT2D eigenvalue weighted by Gasteiger charge is 2.41. The first-order valence-corrected chi connectivity index (χ1v) is 23.8. The van der Waals surface area contributed by atoms with Crippen LogP contribution in [0, 0.1) is 0 Å². The molecule has 0 saturated heterocycles. The van der Waals surface area contributed by atoms with E-state index in [2.05, 4.69) is 37.5 Å². The van der Waals surface area contributed by atoms with E-state index in [0.29, 0.717) is 45.9 Å². The maximum atomic E-state index is 14.3. The Morgan fingerprint density at radius 2 is 0.750 bits per heavy atom. The van der Waals surface area contributed by atoms with E-state index in [0.717, 1.165) is 157 Å². The van der Waals surface area contributed by atoms with Gasteiger partial charge in [-0.2, -0.15) is 0 Å². The van der Waals surface area contributed by atoms with Gasteiger partial charge in [0.15, 0.2) is 9.92 Å². The molecule has 2 aliphatic heterocycles. The molecule has 0 fully saturated rings. The number of amides is 4. The highest BCUT2D eigenvalue weighted by molar-refractivity contribution is 6.49. The van der Waals surface area contributed by atoms with Crippen molar-refractivity contribution in [2.24, 2.45) is 0 Å². The normalized spacial score (nSPS) is 14.5. The van der Waals surface area contributed by atoms with Crippen LogP contribution in [-0.4, -0.2) is 92.4 Å². The van der Waals surface area contributed by atoms with Crippen LogP contribution in [-0.2, 0) is 12.8 Å². The minimum Gasteiger partial charge on any atom is -0.303 e. The standard InChI is InChI=1S/C48H56Cl4N4O4/c1-5-9-21-53(22-10-6-2)25-13-15-29-27-35-39-33(43(57)55(45(35)59)47(49)50)20-18-32-38-30(16-14-26-54(23-11-7-3)24-12-8-4)28-36-40-34(44(58)56(46(36)60)48(51)52)19-17-31(42(38)40)37(29)41(32)39/h17-20,27-28,47-48H,5-16,21-26H2,1-4H3. The fourth-order valence-corrected chi connectivity index (χ4v) is 10.3. The lowest BCUT2D eigenvalue weighted by molar-refractivity contribution is 0.0607. The largest absolute Gasteiger partial charge is 0.303 e. The van der Waals surface area contributed by atoms with Gasteiger partial charge in [0, 0.05) is 33.0 Å². The Kier molecular flexibility index (Phi) is 14.5. The van der Waals surface area contributed by atoms with Crippen LogP contribution in [0.2, 0.25) is 0 Å². The summed E-state index contributed by atoms with van der Waals surface area (Å²) < 4.78 is 0. The molecule has 0 spiro atoms. The lowest BCUT2D eigenvalue weighted by Gasteiger charge is -2.32. The molecule has 7 rings (SSSR count). The maximum Gasteiger partial charge on any atom is 0.263 e. The fraction of sp³-hybridized carbons (Fsp3) is 0.500. The summed E-state index contributed by atoms with van der Waals surface area (Å²) in [5.74, 6) is -2.13. The zero-order valence-electron chi connectivity index (χ0n) is 35.3. The highest BCUT2D eigenvalue weighted by Crippen LogP contribution is 2.49. The Morgan fingerprint density at radius 3 is 1.07 bits per heavy atom. The third-order valence-corrected chi connectivity index (χ3v) is 13.4. The van der Waals surface area contributed by atoms with Crippen molar-refractivity contribution in [2.45, 2.75) is 115 Å². The van der Waals surface area contributed by atoms with Gasteiger partial charge in [-0.05, 0) is 158 Å². The van der Waals surface area contributed by atoms with Crippen LogP contribution in [0.3, 0.4) is 0 Å². The SMILES string of the molecule is CCCCN(CCCC)CCCc1cc2c3c(ccc4c5c(CCCN(CCCC)CCCC)cc6c7c(ccc(c1c34)c75)C(=O)N(C(Cl)Cl)C6=O)C(=O)N(C(Cl)Cl)C2=O. The summed E-state index contributed by atoms with van der Waals surface area (Å²) in [5, 5.41) is 6.41. The predicted molar refractivity (Wildman–Crippen MR) is 249 cm³/mol. The number of benzene rings is 5. The molecular weight excluding hydrogens is 838 g/mol. The van der Waals surface area contributed by atoms with E-state index in [9.17, 15) is 19.2 Å². The summed E-state index contributed by atoms with van der Waals surface area (Å²) in [6.45, 7) is 14.8. The lowest BCUT2D eigenvalue weighted by atomic mass is 9.78. The number of hydrogen-bond donors (Lipinski definition) is 0. The van der Waals surface area contributed by atoms with E-state index >= 15 is 0 Å². The first-order chi connectivity index (χ1) is 29.0. The van der Waals surface area contributed by atoms with Gasteiger partial charge in [-0.15, -0.1) is 0 Å². The number of nitrogens with zero attached hydrogens (tertiary/aromatic N) is 4. The molecule has 5 aromatic carbocycles. The smallest absolute Gasteiger partial charge is 0.263 e. The van der Waals surface area contributed by atoms with Crippen molar-refractivity contribution >= 4 is 113 Å². The van der Waals surface area contributed by atoms with Gasteiger partial charge in [-0.3, -0.25) is 19.2 Å². The molecule has 12 heteroatoms. The minimum atomic E-state index is -1.36. The molecule has 2 heterocycles. The molecular formula is C48H56Cl4N4O4. The molecule has 0 aliphatic carbocycles. The quantitative estimate of drug-likeness (QED) is 0.0226. The van der Waals surface area contributed by atoms with Crippen LogP contribution in [0.25, 0.3) is 43.1 Å². The number of imide groups is 2. The average Bonchev–Trinajstić information content (AvgIpc) is 3.22. The lowest BCUT2D eigenvalue weighted by Crippen LogP contribution is -2.43. The van der Waals surface area contributed by atoms with Crippen LogP contribution in [0.5, 0.6) is 0 Å². The summed E-state index contributed by atoms with van der Waals surface area (Å²) in [5.41, 5.74) is 3.43. The van der Waals surface area contributed by atoms with Gasteiger partial charge < -0.3 is 9.80 Å². The summed E-state index contributed by atoms with van der Waals surface area (Å²) in [6, 6.07) is 11.3. The van der Waals surface area contributed by atoms with E-state index < -0.39 is 33.5 Å². The molecule has 8 nitrogen and oxygen atoms in total. The molecule has 4 amide bonds. The van der Waals surface area contributed by atoms with Gasteiger partial charge in [0.1, 0.15) is 0 Å². The number of rotatable bonds is 22. The third-order valence-electron chi connectivity index (χ3n) is 12.6. The van der Waals surface area contributed by atoms with E-state index in [1.54, 1.807) is 12.1 Å². The number of alkyl halides is 4. The number of carbonyl (C=O) groups is 4. The molecule has 0 unspecified atom stereocenters. The van der Waals surface area contributed by atoms with Crippen molar-refractivity contribution in [1.82, 2.24) is 19.6 Å². The van der Waals surface area contributed by atoms with Gasteiger partial charge in [-0.1, -0.05) is 112 Å². The molecule has 0 bridgehead atoms. The molecule has 320 valence electrons. The van der Waals surface area contributed by atoms with Crippen molar-refractivity contribution in [1.29, 1.82) is 0 Å². The van der Waals surface area contributed by atoms with E-state index in [1.165, 1.54) is 0 Å². The van der Waals surface area contributed by atoms with E-state index in [4.69, 9.17) is 46.4 Å². The van der Waals surface area contributed by atoms with Gasteiger partial charge in [0.05, 0.1) is 0 Å². The monoisotopic (exact) mass is 892 g/mol. The first-order valence-electron chi connectivity index (χ1n) is 22.0. The van der Waals surface area contributed by atoms with Crippen molar-refractivity contribution < 1.29 is 19.2 Å². The van der Waals surface area contributed by atoms with Gasteiger partial charge in [0.25, 0.3) is 23.6 Å². The molecule has 0 aromatic heterocycles. The van der Waals surface area contributed by atoms with Gasteiger partial charge in [0.2, 0.25) is 0 Å². The van der Waals surface area contributed by atoms with Gasteiger partial charge >= 0.3 is 0 Å².